The van der Waals surface area contributed by atoms with Crippen LogP contribution in [0.2, 0.25) is 5.15 Å². The third kappa shape index (κ3) is 3.47. The number of ether oxygens (including phenoxy) is 1. The third-order valence-corrected chi connectivity index (χ3v) is 5.05. The van der Waals surface area contributed by atoms with Gasteiger partial charge >= 0.3 is 12.1 Å². The molecule has 0 saturated heterocycles. The van der Waals surface area contributed by atoms with Crippen LogP contribution in [0.4, 0.5) is 13.2 Å². The molecule has 0 amide bonds. The van der Waals surface area contributed by atoms with Crippen LogP contribution in [-0.2, 0) is 10.9 Å². The molecular formula is C19H19ClF3NO2. The zero-order valence-corrected chi connectivity index (χ0v) is 15.0. The summed E-state index contributed by atoms with van der Waals surface area (Å²) in [6.45, 7) is 1.83. The van der Waals surface area contributed by atoms with Crippen LogP contribution in [0.25, 0.3) is 11.3 Å². The van der Waals surface area contributed by atoms with Crippen LogP contribution < -0.4 is 0 Å². The average molecular weight is 386 g/mol. The number of carbonyl (C=O) groups is 1. The smallest absolute Gasteiger partial charge is 0.417 e. The Hall–Kier alpha value is -1.95. The first kappa shape index (κ1) is 18.8. The van der Waals surface area contributed by atoms with Crippen LogP contribution in [0.3, 0.4) is 0 Å². The number of alkyl halides is 3. The number of rotatable bonds is 4. The second-order valence-corrected chi connectivity index (χ2v) is 6.66. The van der Waals surface area contributed by atoms with E-state index in [0.29, 0.717) is 5.69 Å². The molecule has 0 aliphatic heterocycles. The molecule has 0 N–H and O–H groups in total. The van der Waals surface area contributed by atoms with E-state index < -0.39 is 17.7 Å². The summed E-state index contributed by atoms with van der Waals surface area (Å²) in [4.78, 5) is 12.2. The Balaban J connectivity index is 2.21. The van der Waals surface area contributed by atoms with Gasteiger partial charge in [-0.1, -0.05) is 42.6 Å². The lowest BCUT2D eigenvalue weighted by Gasteiger charge is -2.20. The molecule has 0 unspecified atom stereocenters. The fraction of sp³-hybridized carbons (Fsp3) is 0.421. The molecule has 0 bridgehead atoms. The highest BCUT2D eigenvalue weighted by Gasteiger charge is 2.36. The number of esters is 1. The lowest BCUT2D eigenvalue weighted by Crippen LogP contribution is -2.11. The Morgan fingerprint density at radius 1 is 1.27 bits per heavy atom. The van der Waals surface area contributed by atoms with Crippen molar-refractivity contribution < 1.29 is 22.7 Å². The minimum atomic E-state index is -4.50. The molecule has 0 radical (unpaired) electrons. The van der Waals surface area contributed by atoms with E-state index in [1.807, 2.05) is 0 Å². The summed E-state index contributed by atoms with van der Waals surface area (Å²) in [6.07, 6.45) is -0.907. The molecule has 26 heavy (non-hydrogen) atoms. The Labute approximate surface area is 154 Å². The number of hydrogen-bond donors (Lipinski definition) is 0. The molecule has 1 saturated carbocycles. The largest absolute Gasteiger partial charge is 0.462 e. The van der Waals surface area contributed by atoms with Crippen LogP contribution in [0.5, 0.6) is 0 Å². The summed E-state index contributed by atoms with van der Waals surface area (Å²) in [5.74, 6) is -0.625. The van der Waals surface area contributed by atoms with Gasteiger partial charge in [0.15, 0.2) is 0 Å². The monoisotopic (exact) mass is 385 g/mol. The maximum absolute atomic E-state index is 13.5. The minimum absolute atomic E-state index is 0.0179. The van der Waals surface area contributed by atoms with Crippen molar-refractivity contribution in [3.8, 4) is 11.3 Å². The number of carbonyl (C=O) groups excluding carboxylic acids is 1. The molecule has 1 heterocycles. The molecule has 3 nitrogen and oxygen atoms in total. The van der Waals surface area contributed by atoms with Crippen LogP contribution in [0.1, 0.15) is 54.6 Å². The van der Waals surface area contributed by atoms with Gasteiger partial charge in [0.2, 0.25) is 0 Å². The van der Waals surface area contributed by atoms with Crippen molar-refractivity contribution in [3.63, 3.8) is 0 Å². The number of aromatic nitrogens is 1. The SMILES string of the molecule is CCOC(=O)c1cc(-c2ccccc2C(F)(F)F)n(C2CCCC2)c1Cl. The maximum Gasteiger partial charge on any atom is 0.417 e. The topological polar surface area (TPSA) is 31.2 Å². The second kappa shape index (κ2) is 7.35. The van der Waals surface area contributed by atoms with E-state index in [1.165, 1.54) is 18.2 Å². The Morgan fingerprint density at radius 2 is 1.92 bits per heavy atom. The van der Waals surface area contributed by atoms with Crippen molar-refractivity contribution in [2.75, 3.05) is 6.61 Å². The first-order chi connectivity index (χ1) is 12.3. The summed E-state index contributed by atoms with van der Waals surface area (Å²) in [5, 5.41) is 0.141. The Morgan fingerprint density at radius 3 is 2.54 bits per heavy atom. The van der Waals surface area contributed by atoms with Crippen molar-refractivity contribution >= 4 is 17.6 Å². The van der Waals surface area contributed by atoms with Crippen molar-refractivity contribution in [2.24, 2.45) is 0 Å². The van der Waals surface area contributed by atoms with Crippen LogP contribution >= 0.6 is 11.6 Å². The fourth-order valence-corrected chi connectivity index (χ4v) is 3.89. The molecule has 140 valence electrons. The number of nitrogens with zero attached hydrogens (tertiary/aromatic N) is 1. The molecule has 1 aliphatic carbocycles. The first-order valence-electron chi connectivity index (χ1n) is 8.59. The lowest BCUT2D eigenvalue weighted by molar-refractivity contribution is -0.137. The van der Waals surface area contributed by atoms with Gasteiger partial charge < -0.3 is 9.30 Å². The zero-order chi connectivity index (χ0) is 18.9. The van der Waals surface area contributed by atoms with Gasteiger partial charge in [0.1, 0.15) is 5.15 Å². The van der Waals surface area contributed by atoms with Crippen LogP contribution in [0.15, 0.2) is 30.3 Å². The third-order valence-electron chi connectivity index (χ3n) is 4.67. The highest BCUT2D eigenvalue weighted by Crippen LogP contribution is 2.43. The van der Waals surface area contributed by atoms with Gasteiger partial charge in [0.05, 0.1) is 23.4 Å². The van der Waals surface area contributed by atoms with Crippen LogP contribution in [0, 0.1) is 0 Å². The maximum atomic E-state index is 13.5. The van der Waals surface area contributed by atoms with Gasteiger partial charge in [-0.2, -0.15) is 13.2 Å². The molecule has 1 aromatic carbocycles. The Kier molecular flexibility index (Phi) is 5.32. The van der Waals surface area contributed by atoms with Gasteiger partial charge in [-0.15, -0.1) is 0 Å². The first-order valence-corrected chi connectivity index (χ1v) is 8.96. The minimum Gasteiger partial charge on any atom is -0.462 e. The molecule has 3 rings (SSSR count). The summed E-state index contributed by atoms with van der Waals surface area (Å²) in [5.41, 5.74) is -0.321. The van der Waals surface area contributed by atoms with E-state index >= 15 is 0 Å². The van der Waals surface area contributed by atoms with E-state index in [4.69, 9.17) is 16.3 Å². The predicted octanol–water partition coefficient (Wildman–Crippen LogP) is 6.12. The van der Waals surface area contributed by atoms with Gasteiger partial charge in [-0.25, -0.2) is 4.79 Å². The van der Waals surface area contributed by atoms with E-state index in [2.05, 4.69) is 0 Å². The quantitative estimate of drug-likeness (QED) is 0.594. The zero-order valence-electron chi connectivity index (χ0n) is 14.3. The van der Waals surface area contributed by atoms with Gasteiger partial charge in [-0.05, 0) is 31.9 Å². The molecule has 1 aliphatic rings. The van der Waals surface area contributed by atoms with Gasteiger partial charge in [0, 0.05) is 11.6 Å². The average Bonchev–Trinajstić information content (AvgIpc) is 3.21. The molecular weight excluding hydrogens is 367 g/mol. The Bertz CT molecular complexity index is 808. The standard InChI is InChI=1S/C19H19ClF3NO2/c1-2-26-18(25)14-11-16(24(17(14)20)12-7-3-4-8-12)13-9-5-6-10-15(13)19(21,22)23/h5-6,9-12H,2-4,7-8H2,1H3. The number of halogens is 4. The second-order valence-electron chi connectivity index (χ2n) is 6.31. The van der Waals surface area contributed by atoms with Gasteiger partial charge in [0.25, 0.3) is 0 Å². The number of hydrogen-bond acceptors (Lipinski definition) is 2. The summed E-state index contributed by atoms with van der Waals surface area (Å²) in [6, 6.07) is 6.75. The van der Waals surface area contributed by atoms with E-state index in [9.17, 15) is 18.0 Å². The molecule has 1 fully saturated rings. The normalized spacial score (nSPS) is 15.4. The summed E-state index contributed by atoms with van der Waals surface area (Å²) >= 11 is 6.44. The fourth-order valence-electron chi connectivity index (χ4n) is 3.53. The van der Waals surface area contributed by atoms with E-state index in [-0.39, 0.29) is 28.9 Å². The molecule has 0 spiro atoms. The summed E-state index contributed by atoms with van der Waals surface area (Å²) in [7, 11) is 0. The van der Waals surface area contributed by atoms with Crippen LogP contribution in [-0.4, -0.2) is 17.1 Å². The highest BCUT2D eigenvalue weighted by molar-refractivity contribution is 6.33. The highest BCUT2D eigenvalue weighted by atomic mass is 35.5. The van der Waals surface area contributed by atoms with E-state index in [0.717, 1.165) is 31.7 Å². The molecule has 1 aromatic heterocycles. The summed E-state index contributed by atoms with van der Waals surface area (Å²) < 4.78 is 47.2. The number of benzene rings is 1. The van der Waals surface area contributed by atoms with Gasteiger partial charge in [-0.3, -0.25) is 0 Å². The molecule has 0 atom stereocenters. The predicted molar refractivity (Wildman–Crippen MR) is 93.3 cm³/mol. The molecule has 2 aromatic rings. The van der Waals surface area contributed by atoms with Crippen molar-refractivity contribution in [1.82, 2.24) is 4.57 Å². The lowest BCUT2D eigenvalue weighted by atomic mass is 10.0. The van der Waals surface area contributed by atoms with Crippen molar-refractivity contribution in [1.29, 1.82) is 0 Å². The van der Waals surface area contributed by atoms with E-state index in [1.54, 1.807) is 17.6 Å². The van der Waals surface area contributed by atoms with Crippen molar-refractivity contribution in [3.05, 3.63) is 46.6 Å². The molecule has 7 heteroatoms. The van der Waals surface area contributed by atoms with Crippen molar-refractivity contribution in [2.45, 2.75) is 44.8 Å².